The number of likely N-dealkylation sites (tertiary alicyclic amines) is 1. The van der Waals surface area contributed by atoms with Gasteiger partial charge in [-0.05, 0) is 59.3 Å². The van der Waals surface area contributed by atoms with Crippen molar-refractivity contribution in [3.8, 4) is 0 Å². The van der Waals surface area contributed by atoms with Crippen molar-refractivity contribution < 1.29 is 9.53 Å². The molecule has 0 radical (unpaired) electrons. The number of hydrogen-bond acceptors (Lipinski definition) is 4. The average Bonchev–Trinajstić information content (AvgIpc) is 2.39. The van der Waals surface area contributed by atoms with Gasteiger partial charge in [0.1, 0.15) is 5.54 Å². The van der Waals surface area contributed by atoms with Gasteiger partial charge in [-0.2, -0.15) is 0 Å². The lowest BCUT2D eigenvalue weighted by Gasteiger charge is -2.29. The molecule has 1 N–H and O–H groups in total. The third-order valence-electron chi connectivity index (χ3n) is 4.29. The van der Waals surface area contributed by atoms with Gasteiger partial charge in [0.25, 0.3) is 0 Å². The molecule has 0 bridgehead atoms. The summed E-state index contributed by atoms with van der Waals surface area (Å²) in [4.78, 5) is 14.3. The summed E-state index contributed by atoms with van der Waals surface area (Å²) >= 11 is 0. The number of hydrogen-bond donors (Lipinski definition) is 1. The van der Waals surface area contributed by atoms with Gasteiger partial charge < -0.3 is 15.0 Å². The minimum absolute atomic E-state index is 0.164. The van der Waals surface area contributed by atoms with Crippen molar-refractivity contribution in [2.24, 2.45) is 0 Å². The Hall–Kier alpha value is -0.610. The van der Waals surface area contributed by atoms with Gasteiger partial charge in [0.05, 0.1) is 7.11 Å². The lowest BCUT2D eigenvalue weighted by molar-refractivity contribution is -0.148. The molecule has 1 saturated heterocycles. The van der Waals surface area contributed by atoms with Gasteiger partial charge in [-0.1, -0.05) is 19.3 Å². The Balaban J connectivity index is 2.32. The van der Waals surface area contributed by atoms with Crippen molar-refractivity contribution in [3.63, 3.8) is 0 Å². The second-order valence-electron chi connectivity index (χ2n) is 5.79. The van der Waals surface area contributed by atoms with E-state index in [4.69, 9.17) is 4.74 Å². The molecule has 19 heavy (non-hydrogen) atoms. The standard InChI is InChI=1S/C15H30N2O2/c1-15(16-2,14(18)19-3)10-9-13-17-11-7-5-4-6-8-12-17/h16H,4-13H2,1-3H3. The van der Waals surface area contributed by atoms with Crippen molar-refractivity contribution in [3.05, 3.63) is 0 Å². The van der Waals surface area contributed by atoms with Crippen molar-refractivity contribution in [2.45, 2.75) is 57.4 Å². The van der Waals surface area contributed by atoms with Crippen LogP contribution in [0, 0.1) is 0 Å². The van der Waals surface area contributed by atoms with Crippen LogP contribution in [0.2, 0.25) is 0 Å². The van der Waals surface area contributed by atoms with E-state index >= 15 is 0 Å². The smallest absolute Gasteiger partial charge is 0.325 e. The van der Waals surface area contributed by atoms with Crippen LogP contribution in [0.4, 0.5) is 0 Å². The van der Waals surface area contributed by atoms with E-state index in [2.05, 4.69) is 10.2 Å². The normalized spacial score (nSPS) is 21.2. The maximum atomic E-state index is 11.7. The molecular weight excluding hydrogens is 240 g/mol. The Morgan fingerprint density at radius 1 is 1.21 bits per heavy atom. The molecule has 1 aliphatic heterocycles. The lowest BCUT2D eigenvalue weighted by atomic mass is 9.96. The number of carbonyl (C=O) groups excluding carboxylic acids is 1. The summed E-state index contributed by atoms with van der Waals surface area (Å²) < 4.78 is 4.87. The second-order valence-corrected chi connectivity index (χ2v) is 5.79. The molecule has 1 unspecified atom stereocenters. The molecule has 0 aromatic heterocycles. The quantitative estimate of drug-likeness (QED) is 0.751. The second kappa shape index (κ2) is 8.54. The molecule has 1 heterocycles. The minimum atomic E-state index is -0.544. The molecule has 4 nitrogen and oxygen atoms in total. The first-order valence-corrected chi connectivity index (χ1v) is 7.62. The summed E-state index contributed by atoms with van der Waals surface area (Å²) in [5, 5.41) is 3.10. The highest BCUT2D eigenvalue weighted by Gasteiger charge is 2.31. The van der Waals surface area contributed by atoms with E-state index in [-0.39, 0.29) is 5.97 Å². The largest absolute Gasteiger partial charge is 0.468 e. The maximum absolute atomic E-state index is 11.7. The SMILES string of the molecule is CNC(C)(CCCN1CCCCCCC1)C(=O)OC. The van der Waals surface area contributed by atoms with Crippen LogP contribution in [-0.4, -0.2) is 50.2 Å². The van der Waals surface area contributed by atoms with Crippen LogP contribution < -0.4 is 5.32 Å². The molecule has 0 amide bonds. The van der Waals surface area contributed by atoms with E-state index in [1.165, 1.54) is 52.3 Å². The van der Waals surface area contributed by atoms with Gasteiger partial charge in [0.2, 0.25) is 0 Å². The van der Waals surface area contributed by atoms with Crippen LogP contribution in [0.5, 0.6) is 0 Å². The highest BCUT2D eigenvalue weighted by molar-refractivity contribution is 5.80. The summed E-state index contributed by atoms with van der Waals surface area (Å²) in [5.41, 5.74) is -0.544. The van der Waals surface area contributed by atoms with Crippen LogP contribution >= 0.6 is 0 Å². The van der Waals surface area contributed by atoms with Crippen molar-refractivity contribution in [2.75, 3.05) is 33.8 Å². The fourth-order valence-electron chi connectivity index (χ4n) is 2.75. The van der Waals surface area contributed by atoms with Crippen LogP contribution in [0.3, 0.4) is 0 Å². The number of nitrogens with zero attached hydrogens (tertiary/aromatic N) is 1. The Labute approximate surface area is 117 Å². The number of likely N-dealkylation sites (N-methyl/N-ethyl adjacent to an activating group) is 1. The average molecular weight is 270 g/mol. The Morgan fingerprint density at radius 3 is 2.32 bits per heavy atom. The van der Waals surface area contributed by atoms with E-state index in [1.54, 1.807) is 0 Å². The topological polar surface area (TPSA) is 41.6 Å². The van der Waals surface area contributed by atoms with Crippen LogP contribution in [-0.2, 0) is 9.53 Å². The van der Waals surface area contributed by atoms with Crippen LogP contribution in [0.25, 0.3) is 0 Å². The molecule has 4 heteroatoms. The predicted molar refractivity (Wildman–Crippen MR) is 78.2 cm³/mol. The molecule has 0 saturated carbocycles. The number of rotatable bonds is 6. The summed E-state index contributed by atoms with van der Waals surface area (Å²) in [7, 11) is 3.28. The Bertz CT molecular complexity index is 263. The van der Waals surface area contributed by atoms with Gasteiger partial charge in [-0.25, -0.2) is 0 Å². The maximum Gasteiger partial charge on any atom is 0.325 e. The highest BCUT2D eigenvalue weighted by Crippen LogP contribution is 2.16. The van der Waals surface area contributed by atoms with Gasteiger partial charge in [-0.15, -0.1) is 0 Å². The zero-order valence-electron chi connectivity index (χ0n) is 12.8. The van der Waals surface area contributed by atoms with Crippen molar-refractivity contribution in [1.82, 2.24) is 10.2 Å². The predicted octanol–water partition coefficient (Wildman–Crippen LogP) is 2.18. The van der Waals surface area contributed by atoms with Gasteiger partial charge in [0.15, 0.2) is 0 Å². The molecule has 1 fully saturated rings. The van der Waals surface area contributed by atoms with E-state index < -0.39 is 5.54 Å². The van der Waals surface area contributed by atoms with E-state index in [9.17, 15) is 4.79 Å². The zero-order valence-corrected chi connectivity index (χ0v) is 12.8. The molecule has 112 valence electrons. The summed E-state index contributed by atoms with van der Waals surface area (Å²) in [6, 6.07) is 0. The number of methoxy groups -OCH3 is 1. The fourth-order valence-corrected chi connectivity index (χ4v) is 2.75. The fraction of sp³-hybridized carbons (Fsp3) is 0.933. The molecular formula is C15H30N2O2. The third kappa shape index (κ3) is 5.49. The molecule has 0 aromatic carbocycles. The Morgan fingerprint density at radius 2 is 1.79 bits per heavy atom. The first-order chi connectivity index (χ1) is 9.12. The molecule has 0 spiro atoms. The first-order valence-electron chi connectivity index (χ1n) is 7.62. The molecule has 1 rings (SSSR count). The summed E-state index contributed by atoms with van der Waals surface area (Å²) in [5.74, 6) is -0.164. The van der Waals surface area contributed by atoms with Gasteiger partial charge in [0, 0.05) is 0 Å². The number of ether oxygens (including phenoxy) is 1. The van der Waals surface area contributed by atoms with E-state index in [1.807, 2.05) is 14.0 Å². The van der Waals surface area contributed by atoms with Crippen molar-refractivity contribution in [1.29, 1.82) is 0 Å². The number of nitrogens with one attached hydrogen (secondary N) is 1. The molecule has 1 aliphatic rings. The van der Waals surface area contributed by atoms with Gasteiger partial charge in [-0.3, -0.25) is 4.79 Å². The van der Waals surface area contributed by atoms with Crippen molar-refractivity contribution >= 4 is 5.97 Å². The molecule has 0 aromatic rings. The van der Waals surface area contributed by atoms with E-state index in [0.29, 0.717) is 0 Å². The zero-order chi connectivity index (χ0) is 14.1. The third-order valence-corrected chi connectivity index (χ3v) is 4.29. The summed E-state index contributed by atoms with van der Waals surface area (Å²) in [6.07, 6.45) is 8.63. The Kier molecular flexibility index (Phi) is 7.39. The lowest BCUT2D eigenvalue weighted by Crippen LogP contribution is -2.48. The van der Waals surface area contributed by atoms with E-state index in [0.717, 1.165) is 19.4 Å². The van der Waals surface area contributed by atoms with Crippen LogP contribution in [0.15, 0.2) is 0 Å². The monoisotopic (exact) mass is 270 g/mol. The highest BCUT2D eigenvalue weighted by atomic mass is 16.5. The van der Waals surface area contributed by atoms with Crippen LogP contribution in [0.1, 0.15) is 51.9 Å². The summed E-state index contributed by atoms with van der Waals surface area (Å²) in [6.45, 7) is 5.45. The molecule has 1 atom stereocenters. The van der Waals surface area contributed by atoms with Gasteiger partial charge >= 0.3 is 5.97 Å². The number of esters is 1. The minimum Gasteiger partial charge on any atom is -0.468 e. The molecule has 0 aliphatic carbocycles. The number of carbonyl (C=O) groups is 1. The first kappa shape index (κ1) is 16.4.